The van der Waals surface area contributed by atoms with Crippen molar-refractivity contribution in [1.29, 1.82) is 0 Å². The third-order valence-corrected chi connectivity index (χ3v) is 5.46. The number of halogens is 3. The van der Waals surface area contributed by atoms with E-state index in [4.69, 9.17) is 4.74 Å². The minimum atomic E-state index is -0.555. The predicted octanol–water partition coefficient (Wildman–Crippen LogP) is 3.50. The Morgan fingerprint density at radius 1 is 1.23 bits per heavy atom. The van der Waals surface area contributed by atoms with Crippen LogP contribution in [0.3, 0.4) is 0 Å². The number of ether oxygens (including phenoxy) is 1. The molecule has 1 atom stereocenters. The van der Waals surface area contributed by atoms with Gasteiger partial charge in [-0.25, -0.2) is 8.78 Å². The molecule has 8 heteroatoms. The van der Waals surface area contributed by atoms with E-state index in [9.17, 15) is 8.78 Å². The summed E-state index contributed by atoms with van der Waals surface area (Å²) < 4.78 is 32.7. The maximum absolute atomic E-state index is 14.0. The van der Waals surface area contributed by atoms with Crippen LogP contribution in [-0.2, 0) is 12.8 Å². The zero-order chi connectivity index (χ0) is 20.2. The van der Waals surface area contributed by atoms with Crippen LogP contribution in [0, 0.1) is 11.6 Å². The second-order valence-corrected chi connectivity index (χ2v) is 7.46. The van der Waals surface area contributed by atoms with Gasteiger partial charge in [-0.15, -0.1) is 24.0 Å². The highest BCUT2D eigenvalue weighted by molar-refractivity contribution is 14.0. The van der Waals surface area contributed by atoms with Crippen LogP contribution in [0.25, 0.3) is 0 Å². The predicted molar refractivity (Wildman–Crippen MR) is 126 cm³/mol. The van der Waals surface area contributed by atoms with Crippen LogP contribution in [0.15, 0.2) is 41.4 Å². The minimum absolute atomic E-state index is 0. The van der Waals surface area contributed by atoms with Crippen molar-refractivity contribution in [2.45, 2.75) is 25.3 Å². The Morgan fingerprint density at radius 3 is 2.90 bits per heavy atom. The van der Waals surface area contributed by atoms with Crippen LogP contribution in [0.2, 0.25) is 0 Å². The van der Waals surface area contributed by atoms with Crippen molar-refractivity contribution >= 4 is 35.6 Å². The van der Waals surface area contributed by atoms with E-state index in [1.54, 1.807) is 7.05 Å². The molecule has 2 aliphatic rings. The lowest BCUT2D eigenvalue weighted by Gasteiger charge is -2.21. The van der Waals surface area contributed by atoms with E-state index in [1.165, 1.54) is 23.3 Å². The highest BCUT2D eigenvalue weighted by Gasteiger charge is 2.25. The number of guanidine groups is 1. The van der Waals surface area contributed by atoms with Gasteiger partial charge < -0.3 is 20.3 Å². The van der Waals surface area contributed by atoms with E-state index < -0.39 is 11.6 Å². The van der Waals surface area contributed by atoms with E-state index in [1.807, 2.05) is 11.0 Å². The third kappa shape index (κ3) is 5.33. The second kappa shape index (κ2) is 10.3. The number of aliphatic imine (C=N–C) groups is 1. The molecule has 2 heterocycles. The van der Waals surface area contributed by atoms with Gasteiger partial charge in [0.2, 0.25) is 0 Å². The van der Waals surface area contributed by atoms with Crippen LogP contribution < -0.4 is 20.3 Å². The minimum Gasteiger partial charge on any atom is -0.493 e. The molecule has 0 amide bonds. The lowest BCUT2D eigenvalue weighted by molar-refractivity contribution is 0.357. The molecular formula is C22H27F2IN4O. The van der Waals surface area contributed by atoms with Crippen molar-refractivity contribution < 1.29 is 13.5 Å². The van der Waals surface area contributed by atoms with E-state index in [2.05, 4.69) is 27.8 Å². The Morgan fingerprint density at radius 2 is 2.10 bits per heavy atom. The maximum Gasteiger partial charge on any atom is 0.191 e. The summed E-state index contributed by atoms with van der Waals surface area (Å²) in [5, 5.41) is 6.76. The summed E-state index contributed by atoms with van der Waals surface area (Å²) >= 11 is 0. The van der Waals surface area contributed by atoms with Gasteiger partial charge in [0.05, 0.1) is 12.3 Å². The first kappa shape index (κ1) is 22.6. The highest BCUT2D eigenvalue weighted by atomic mass is 127. The van der Waals surface area contributed by atoms with E-state index in [-0.39, 0.29) is 30.0 Å². The van der Waals surface area contributed by atoms with Crippen molar-refractivity contribution in [2.75, 3.05) is 38.2 Å². The van der Waals surface area contributed by atoms with E-state index in [0.29, 0.717) is 18.8 Å². The quantitative estimate of drug-likeness (QED) is 0.355. The average molecular weight is 528 g/mol. The summed E-state index contributed by atoms with van der Waals surface area (Å²) in [4.78, 5) is 6.24. The van der Waals surface area contributed by atoms with Crippen LogP contribution in [-0.4, -0.2) is 45.3 Å². The molecule has 5 nitrogen and oxygen atoms in total. The number of hydrogen-bond acceptors (Lipinski definition) is 3. The molecule has 2 aliphatic heterocycles. The molecule has 0 aliphatic carbocycles. The van der Waals surface area contributed by atoms with Gasteiger partial charge in [-0.2, -0.15) is 0 Å². The molecule has 2 aromatic carbocycles. The zero-order valence-electron chi connectivity index (χ0n) is 17.0. The van der Waals surface area contributed by atoms with Crippen molar-refractivity contribution in [1.82, 2.24) is 10.6 Å². The summed E-state index contributed by atoms with van der Waals surface area (Å²) in [5.41, 5.74) is 3.00. The Balaban J connectivity index is 0.00000256. The summed E-state index contributed by atoms with van der Waals surface area (Å²) in [6.07, 6.45) is 2.74. The van der Waals surface area contributed by atoms with Gasteiger partial charge in [0.15, 0.2) is 5.96 Å². The number of nitrogens with zero attached hydrogens (tertiary/aromatic N) is 2. The van der Waals surface area contributed by atoms with Crippen molar-refractivity contribution in [2.24, 2.45) is 4.99 Å². The fraction of sp³-hybridized carbons (Fsp3) is 0.409. The number of fused-ring (bicyclic) bond motifs is 1. The number of nitrogens with one attached hydrogen (secondary N) is 2. The van der Waals surface area contributed by atoms with Crippen LogP contribution >= 0.6 is 24.0 Å². The van der Waals surface area contributed by atoms with Gasteiger partial charge in [-0.3, -0.25) is 4.99 Å². The van der Waals surface area contributed by atoms with Crippen molar-refractivity contribution in [3.63, 3.8) is 0 Å². The van der Waals surface area contributed by atoms with Gasteiger partial charge in [0, 0.05) is 45.2 Å². The third-order valence-electron chi connectivity index (χ3n) is 5.46. The van der Waals surface area contributed by atoms with Crippen LogP contribution in [0.5, 0.6) is 5.75 Å². The normalized spacial score (nSPS) is 17.9. The molecule has 0 saturated carbocycles. The first-order chi connectivity index (χ1) is 14.1. The molecule has 1 saturated heterocycles. The van der Waals surface area contributed by atoms with Gasteiger partial charge in [-0.05, 0) is 42.2 Å². The molecule has 0 bridgehead atoms. The van der Waals surface area contributed by atoms with Crippen LogP contribution in [0.1, 0.15) is 17.5 Å². The Labute approximate surface area is 192 Å². The fourth-order valence-corrected chi connectivity index (χ4v) is 3.94. The summed E-state index contributed by atoms with van der Waals surface area (Å²) in [6, 6.07) is 10.3. The van der Waals surface area contributed by atoms with Gasteiger partial charge >= 0.3 is 0 Å². The number of hydrogen-bond donors (Lipinski definition) is 2. The molecule has 30 heavy (non-hydrogen) atoms. The van der Waals surface area contributed by atoms with E-state index in [0.717, 1.165) is 50.2 Å². The number of anilines is 1. The molecular weight excluding hydrogens is 501 g/mol. The topological polar surface area (TPSA) is 48.9 Å². The molecule has 162 valence electrons. The fourth-order valence-electron chi connectivity index (χ4n) is 3.94. The van der Waals surface area contributed by atoms with Gasteiger partial charge in [-0.1, -0.05) is 12.1 Å². The summed E-state index contributed by atoms with van der Waals surface area (Å²) in [6.45, 7) is 2.90. The average Bonchev–Trinajstić information content (AvgIpc) is 3.36. The van der Waals surface area contributed by atoms with Crippen LogP contribution in [0.4, 0.5) is 14.5 Å². The molecule has 0 aromatic heterocycles. The largest absolute Gasteiger partial charge is 0.493 e. The molecule has 1 fully saturated rings. The van der Waals surface area contributed by atoms with Gasteiger partial charge in [0.1, 0.15) is 17.4 Å². The highest BCUT2D eigenvalue weighted by Crippen LogP contribution is 2.26. The molecule has 4 rings (SSSR count). The lowest BCUT2D eigenvalue weighted by Crippen LogP contribution is -2.45. The molecule has 2 N–H and O–H groups in total. The Hall–Kier alpha value is -2.10. The first-order valence-electron chi connectivity index (χ1n) is 10.0. The Bertz CT molecular complexity index is 909. The maximum atomic E-state index is 14.0. The molecule has 0 radical (unpaired) electrons. The second-order valence-electron chi connectivity index (χ2n) is 7.46. The molecule has 0 spiro atoms. The molecule has 1 unspecified atom stereocenters. The lowest BCUT2D eigenvalue weighted by atomic mass is 10.1. The smallest absolute Gasteiger partial charge is 0.191 e. The standard InChI is InChI=1S/C22H26F2N4O.HI/c1-25-22(26-9-6-15-2-5-21-16(12-15)8-11-29-21)27-18-7-10-28(14-18)20-4-3-17(23)13-19(20)24;/h2-5,12-13,18H,6-11,14H2,1H3,(H2,25,26,27);1H. The number of rotatable bonds is 5. The number of benzene rings is 2. The van der Waals surface area contributed by atoms with Crippen molar-refractivity contribution in [3.05, 3.63) is 59.2 Å². The van der Waals surface area contributed by atoms with Crippen molar-refractivity contribution in [3.8, 4) is 5.75 Å². The van der Waals surface area contributed by atoms with E-state index >= 15 is 0 Å². The SMILES string of the molecule is CN=C(NCCc1ccc2c(c1)CCO2)NC1CCN(c2ccc(F)cc2F)C1.I. The summed E-state index contributed by atoms with van der Waals surface area (Å²) in [5.74, 6) is 0.664. The van der Waals surface area contributed by atoms with Gasteiger partial charge in [0.25, 0.3) is 0 Å². The zero-order valence-corrected chi connectivity index (χ0v) is 19.3. The summed E-state index contributed by atoms with van der Waals surface area (Å²) in [7, 11) is 1.74. The Kier molecular flexibility index (Phi) is 7.74. The molecule has 2 aromatic rings. The monoisotopic (exact) mass is 528 g/mol. The first-order valence-corrected chi connectivity index (χ1v) is 10.0.